The van der Waals surface area contributed by atoms with E-state index in [0.29, 0.717) is 40.7 Å². The second kappa shape index (κ2) is 10.2. The van der Waals surface area contributed by atoms with E-state index in [0.717, 1.165) is 11.1 Å². The lowest BCUT2D eigenvalue weighted by Crippen LogP contribution is -2.29. The smallest absolute Gasteiger partial charge is 0.300 e. The fourth-order valence-electron chi connectivity index (χ4n) is 4.33. The van der Waals surface area contributed by atoms with Gasteiger partial charge in [-0.1, -0.05) is 18.2 Å². The molecule has 1 N–H and O–H groups in total. The monoisotopic (exact) mass is 487 g/mol. The molecule has 186 valence electrons. The van der Waals surface area contributed by atoms with Crippen molar-refractivity contribution in [1.29, 1.82) is 0 Å². The summed E-state index contributed by atoms with van der Waals surface area (Å²) in [5, 5.41) is 11.4. The third-order valence-corrected chi connectivity index (χ3v) is 6.38. The number of carbonyl (C=O) groups excluding carboxylic acids is 2. The number of methoxy groups -OCH3 is 2. The molecule has 1 aliphatic rings. The highest BCUT2D eigenvalue weighted by Gasteiger charge is 2.47. The zero-order valence-electron chi connectivity index (χ0n) is 21.0. The normalized spacial score (nSPS) is 16.8. The van der Waals surface area contributed by atoms with Crippen LogP contribution in [0.2, 0.25) is 0 Å². The summed E-state index contributed by atoms with van der Waals surface area (Å²) in [6.45, 7) is 6.15. The zero-order chi connectivity index (χ0) is 26.0. The molecule has 4 rings (SSSR count). The minimum absolute atomic E-state index is 0.00619. The summed E-state index contributed by atoms with van der Waals surface area (Å²) in [7, 11) is 3.10. The Morgan fingerprint density at radius 2 is 1.61 bits per heavy atom. The molecule has 1 amide bonds. The number of amides is 1. The van der Waals surface area contributed by atoms with Gasteiger partial charge in [0.05, 0.1) is 32.4 Å². The number of ketones is 1. The van der Waals surface area contributed by atoms with Crippen LogP contribution >= 0.6 is 0 Å². The Balaban J connectivity index is 1.95. The van der Waals surface area contributed by atoms with E-state index < -0.39 is 17.7 Å². The topological polar surface area (TPSA) is 85.3 Å². The summed E-state index contributed by atoms with van der Waals surface area (Å²) >= 11 is 0. The molecule has 1 aliphatic heterocycles. The van der Waals surface area contributed by atoms with Crippen LogP contribution in [0, 0.1) is 13.8 Å². The first-order chi connectivity index (χ1) is 17.3. The summed E-state index contributed by atoms with van der Waals surface area (Å²) in [4.78, 5) is 28.2. The minimum atomic E-state index is -0.884. The van der Waals surface area contributed by atoms with Gasteiger partial charge in [0.1, 0.15) is 11.5 Å². The summed E-state index contributed by atoms with van der Waals surface area (Å²) in [5.74, 6) is -0.110. The van der Waals surface area contributed by atoms with E-state index in [-0.39, 0.29) is 11.3 Å². The number of aryl methyl sites for hydroxylation is 2. The zero-order valence-corrected chi connectivity index (χ0v) is 21.0. The fourth-order valence-corrected chi connectivity index (χ4v) is 4.33. The molecule has 3 aromatic rings. The highest BCUT2D eigenvalue weighted by molar-refractivity contribution is 6.51. The number of benzene rings is 3. The summed E-state index contributed by atoms with van der Waals surface area (Å²) in [6.07, 6.45) is 0. The molecule has 0 spiro atoms. The van der Waals surface area contributed by atoms with Crippen molar-refractivity contribution in [2.45, 2.75) is 26.8 Å². The standard InChI is InChI=1S/C29H29NO6/c1-6-36-24-16-19(9-14-23(24)35-5)26-25(27(31)20-8-7-17(2)18(3)15-20)28(32)29(33)30(26)21-10-12-22(34-4)13-11-21/h7-16,26,31H,6H2,1-5H3/b27-25-. The molecule has 3 aromatic carbocycles. The van der Waals surface area contributed by atoms with Gasteiger partial charge < -0.3 is 19.3 Å². The molecule has 0 saturated carbocycles. The van der Waals surface area contributed by atoms with Gasteiger partial charge in [0.15, 0.2) is 11.5 Å². The number of ether oxygens (including phenoxy) is 3. The van der Waals surface area contributed by atoms with E-state index in [2.05, 4.69) is 0 Å². The number of hydrogen-bond donors (Lipinski definition) is 1. The van der Waals surface area contributed by atoms with Gasteiger partial charge >= 0.3 is 0 Å². The van der Waals surface area contributed by atoms with Crippen LogP contribution in [0.15, 0.2) is 66.2 Å². The molecule has 0 aromatic heterocycles. The maximum atomic E-state index is 13.4. The Morgan fingerprint density at radius 3 is 2.22 bits per heavy atom. The molecular formula is C29H29NO6. The molecule has 0 radical (unpaired) electrons. The van der Waals surface area contributed by atoms with Crippen molar-refractivity contribution in [2.75, 3.05) is 25.7 Å². The highest BCUT2D eigenvalue weighted by Crippen LogP contribution is 2.44. The third kappa shape index (κ3) is 4.40. The van der Waals surface area contributed by atoms with Crippen molar-refractivity contribution >= 4 is 23.1 Å². The van der Waals surface area contributed by atoms with Gasteiger partial charge in [-0.15, -0.1) is 0 Å². The van der Waals surface area contributed by atoms with Crippen molar-refractivity contribution in [3.05, 3.63) is 88.5 Å². The fraction of sp³-hybridized carbons (Fsp3) is 0.241. The van der Waals surface area contributed by atoms with Crippen LogP contribution in [0.5, 0.6) is 17.2 Å². The Bertz CT molecular complexity index is 1340. The number of carbonyl (C=O) groups is 2. The first-order valence-electron chi connectivity index (χ1n) is 11.6. The summed E-state index contributed by atoms with van der Waals surface area (Å²) in [6, 6.07) is 16.6. The average Bonchev–Trinajstić information content (AvgIpc) is 3.15. The largest absolute Gasteiger partial charge is 0.507 e. The Morgan fingerprint density at radius 1 is 0.889 bits per heavy atom. The summed E-state index contributed by atoms with van der Waals surface area (Å²) < 4.78 is 16.4. The van der Waals surface area contributed by atoms with Gasteiger partial charge in [0, 0.05) is 11.3 Å². The average molecular weight is 488 g/mol. The molecule has 7 nitrogen and oxygen atoms in total. The van der Waals surface area contributed by atoms with Crippen molar-refractivity contribution in [3.8, 4) is 17.2 Å². The number of rotatable bonds is 7. The van der Waals surface area contributed by atoms with Crippen LogP contribution in [0.4, 0.5) is 5.69 Å². The second-order valence-electron chi connectivity index (χ2n) is 8.51. The van der Waals surface area contributed by atoms with Crippen molar-refractivity contribution in [3.63, 3.8) is 0 Å². The molecule has 1 fully saturated rings. The Labute approximate surface area is 210 Å². The lowest BCUT2D eigenvalue weighted by Gasteiger charge is -2.26. The molecule has 1 heterocycles. The van der Waals surface area contributed by atoms with E-state index in [4.69, 9.17) is 14.2 Å². The summed E-state index contributed by atoms with van der Waals surface area (Å²) in [5.41, 5.74) is 3.58. The van der Waals surface area contributed by atoms with Crippen LogP contribution in [-0.2, 0) is 9.59 Å². The van der Waals surface area contributed by atoms with Crippen molar-refractivity contribution in [2.24, 2.45) is 0 Å². The van der Waals surface area contributed by atoms with Crippen molar-refractivity contribution in [1.82, 2.24) is 0 Å². The maximum absolute atomic E-state index is 13.4. The molecule has 7 heteroatoms. The predicted molar refractivity (Wildman–Crippen MR) is 138 cm³/mol. The quantitative estimate of drug-likeness (QED) is 0.275. The van der Waals surface area contributed by atoms with Crippen LogP contribution in [0.25, 0.3) is 5.76 Å². The van der Waals surface area contributed by atoms with Gasteiger partial charge in [-0.2, -0.15) is 0 Å². The van der Waals surface area contributed by atoms with E-state index in [9.17, 15) is 14.7 Å². The SMILES string of the molecule is CCOc1cc(C2/C(=C(/O)c3ccc(C)c(C)c3)C(=O)C(=O)N2c2ccc(OC)cc2)ccc1OC. The number of nitrogens with zero attached hydrogens (tertiary/aromatic N) is 1. The van der Waals surface area contributed by atoms with E-state index in [1.54, 1.807) is 62.8 Å². The van der Waals surface area contributed by atoms with Gasteiger partial charge in [0.25, 0.3) is 11.7 Å². The molecule has 36 heavy (non-hydrogen) atoms. The van der Waals surface area contributed by atoms with Gasteiger partial charge in [-0.05, 0) is 79.9 Å². The number of aliphatic hydroxyl groups excluding tert-OH is 1. The van der Waals surface area contributed by atoms with E-state index >= 15 is 0 Å². The molecule has 0 bridgehead atoms. The van der Waals surface area contributed by atoms with Gasteiger partial charge in [0.2, 0.25) is 0 Å². The molecular weight excluding hydrogens is 458 g/mol. The van der Waals surface area contributed by atoms with E-state index in [1.807, 2.05) is 32.9 Å². The number of Topliss-reactive ketones (excluding diaryl/α,β-unsaturated/α-hetero) is 1. The number of hydrogen-bond acceptors (Lipinski definition) is 6. The minimum Gasteiger partial charge on any atom is -0.507 e. The highest BCUT2D eigenvalue weighted by atomic mass is 16.5. The van der Waals surface area contributed by atoms with Crippen LogP contribution in [0.3, 0.4) is 0 Å². The first kappa shape index (κ1) is 24.9. The number of aliphatic hydroxyl groups is 1. The van der Waals surface area contributed by atoms with Crippen LogP contribution < -0.4 is 19.1 Å². The maximum Gasteiger partial charge on any atom is 0.300 e. The second-order valence-corrected chi connectivity index (χ2v) is 8.51. The molecule has 1 saturated heterocycles. The first-order valence-corrected chi connectivity index (χ1v) is 11.6. The van der Waals surface area contributed by atoms with Crippen LogP contribution in [-0.4, -0.2) is 37.6 Å². The van der Waals surface area contributed by atoms with Gasteiger partial charge in [-0.3, -0.25) is 14.5 Å². The molecule has 1 unspecified atom stereocenters. The Kier molecular flexibility index (Phi) is 7.01. The molecule has 0 aliphatic carbocycles. The molecule has 1 atom stereocenters. The lowest BCUT2D eigenvalue weighted by molar-refractivity contribution is -0.132. The number of anilines is 1. The van der Waals surface area contributed by atoms with Crippen molar-refractivity contribution < 1.29 is 28.9 Å². The van der Waals surface area contributed by atoms with E-state index in [1.165, 1.54) is 4.90 Å². The predicted octanol–water partition coefficient (Wildman–Crippen LogP) is 5.35. The third-order valence-electron chi connectivity index (χ3n) is 6.38. The Hall–Kier alpha value is -4.26. The van der Waals surface area contributed by atoms with Gasteiger partial charge in [-0.25, -0.2) is 0 Å². The lowest BCUT2D eigenvalue weighted by atomic mass is 9.94. The van der Waals surface area contributed by atoms with Crippen LogP contribution in [0.1, 0.15) is 35.2 Å².